The fourth-order valence-corrected chi connectivity index (χ4v) is 1.02. The van der Waals surface area contributed by atoms with E-state index in [1.165, 1.54) is 0 Å². The van der Waals surface area contributed by atoms with Crippen molar-refractivity contribution in [2.75, 3.05) is 0 Å². The van der Waals surface area contributed by atoms with Crippen LogP contribution in [0.25, 0.3) is 0 Å². The Kier molecular flexibility index (Phi) is 6.32. The molecular formula is C4H2F9KNO2S+. The molecule has 3 nitrogen and oxygen atoms in total. The molecule has 0 amide bonds. The summed E-state index contributed by atoms with van der Waals surface area (Å²) in [5.74, 6) is -14.5. The number of halogens is 9. The first-order valence-electron chi connectivity index (χ1n) is 3.22. The number of primary sulfonamides is 1. The summed E-state index contributed by atoms with van der Waals surface area (Å²) in [4.78, 5) is 0. The summed E-state index contributed by atoms with van der Waals surface area (Å²) in [6.07, 6.45) is -7.08. The summed E-state index contributed by atoms with van der Waals surface area (Å²) < 4.78 is 127. The van der Waals surface area contributed by atoms with Crippen molar-refractivity contribution in [3.05, 3.63) is 0 Å². The number of nitrogens with two attached hydrogens (primary N) is 1. The molecule has 18 heavy (non-hydrogen) atoms. The molecule has 0 aromatic heterocycles. The third kappa shape index (κ3) is 3.14. The number of hydrogen-bond acceptors (Lipinski definition) is 2. The van der Waals surface area contributed by atoms with Crippen molar-refractivity contribution < 1.29 is 99.3 Å². The Hall–Kier alpha value is 0.916. The second kappa shape index (κ2) is 5.36. The van der Waals surface area contributed by atoms with E-state index in [0.29, 0.717) is 0 Å². The van der Waals surface area contributed by atoms with Gasteiger partial charge in [-0.3, -0.25) is 0 Å². The predicted molar refractivity (Wildman–Crippen MR) is 34.0 cm³/mol. The average molecular weight is 338 g/mol. The van der Waals surface area contributed by atoms with Crippen LogP contribution in [-0.2, 0) is 10.0 Å². The van der Waals surface area contributed by atoms with Gasteiger partial charge in [-0.15, -0.1) is 0 Å². The zero-order valence-corrected chi connectivity index (χ0v) is 12.1. The van der Waals surface area contributed by atoms with Crippen LogP contribution < -0.4 is 56.5 Å². The second-order valence-corrected chi connectivity index (χ2v) is 4.31. The molecule has 0 rings (SSSR count). The molecular weight excluding hydrogens is 336 g/mol. The van der Waals surface area contributed by atoms with E-state index in [9.17, 15) is 47.9 Å². The van der Waals surface area contributed by atoms with Gasteiger partial charge in [-0.25, -0.2) is 13.6 Å². The summed E-state index contributed by atoms with van der Waals surface area (Å²) in [7, 11) is -6.67. The molecule has 14 heteroatoms. The van der Waals surface area contributed by atoms with Crippen LogP contribution in [0.2, 0.25) is 0 Å². The van der Waals surface area contributed by atoms with E-state index >= 15 is 0 Å². The van der Waals surface area contributed by atoms with E-state index < -0.39 is 33.3 Å². The molecule has 0 aromatic carbocycles. The van der Waals surface area contributed by atoms with Gasteiger partial charge in [-0.1, -0.05) is 0 Å². The minimum absolute atomic E-state index is 0. The maximum absolute atomic E-state index is 12.3. The van der Waals surface area contributed by atoms with Gasteiger partial charge < -0.3 is 0 Å². The first-order valence-corrected chi connectivity index (χ1v) is 4.77. The zero-order chi connectivity index (χ0) is 14.5. The predicted octanol–water partition coefficient (Wildman–Crippen LogP) is -1.30. The number of hydrogen-bond donors (Lipinski definition) is 1. The third-order valence-corrected chi connectivity index (χ3v) is 2.44. The summed E-state index contributed by atoms with van der Waals surface area (Å²) in [6, 6.07) is 0. The van der Waals surface area contributed by atoms with E-state index in [1.807, 2.05) is 0 Å². The van der Waals surface area contributed by atoms with Crippen molar-refractivity contribution >= 4 is 10.0 Å². The van der Waals surface area contributed by atoms with Gasteiger partial charge in [-0.2, -0.15) is 39.5 Å². The molecule has 0 fully saturated rings. The van der Waals surface area contributed by atoms with Crippen molar-refractivity contribution in [1.29, 1.82) is 0 Å². The molecule has 2 N–H and O–H groups in total. The molecule has 0 aliphatic carbocycles. The van der Waals surface area contributed by atoms with Gasteiger partial charge in [0, 0.05) is 0 Å². The number of rotatable bonds is 3. The SMILES string of the molecule is NS(=O)(=O)C(F)(F)C(F)(F)C(F)(F)C(F)(F)F.[K+]. The summed E-state index contributed by atoms with van der Waals surface area (Å²) in [5, 5.41) is -3.30. The van der Waals surface area contributed by atoms with Crippen LogP contribution in [0.3, 0.4) is 0 Å². The van der Waals surface area contributed by atoms with Gasteiger partial charge in [0.25, 0.3) is 10.0 Å². The molecule has 0 aliphatic rings. The van der Waals surface area contributed by atoms with E-state index in [2.05, 4.69) is 5.14 Å². The van der Waals surface area contributed by atoms with Gasteiger partial charge >= 0.3 is 74.7 Å². The zero-order valence-electron chi connectivity index (χ0n) is 8.20. The minimum atomic E-state index is -7.27. The smallest absolute Gasteiger partial charge is 0.223 e. The Balaban J connectivity index is 0. The van der Waals surface area contributed by atoms with Crippen molar-refractivity contribution in [3.8, 4) is 0 Å². The molecule has 0 heterocycles. The number of alkyl halides is 9. The largest absolute Gasteiger partial charge is 1.00 e. The molecule has 0 aromatic rings. The van der Waals surface area contributed by atoms with Gasteiger partial charge in [0.1, 0.15) is 0 Å². The van der Waals surface area contributed by atoms with E-state index in [-0.39, 0.29) is 51.4 Å². The quantitative estimate of drug-likeness (QED) is 0.514. The first-order chi connectivity index (χ1) is 7.00. The monoisotopic (exact) mass is 338 g/mol. The molecule has 0 bridgehead atoms. The maximum atomic E-state index is 12.3. The first kappa shape index (κ1) is 21.2. The molecule has 0 unspecified atom stereocenters. The van der Waals surface area contributed by atoms with Crippen LogP contribution in [0.15, 0.2) is 0 Å². The molecule has 0 radical (unpaired) electrons. The Labute approximate surface area is 136 Å². The second-order valence-electron chi connectivity index (χ2n) is 2.71. The van der Waals surface area contributed by atoms with Crippen LogP contribution in [0, 0.1) is 0 Å². The van der Waals surface area contributed by atoms with Crippen LogP contribution >= 0.6 is 0 Å². The van der Waals surface area contributed by atoms with Crippen molar-refractivity contribution in [3.63, 3.8) is 0 Å². The Morgan fingerprint density at radius 2 is 1.00 bits per heavy atom. The summed E-state index contributed by atoms with van der Waals surface area (Å²) >= 11 is 0. The summed E-state index contributed by atoms with van der Waals surface area (Å²) in [5.41, 5.74) is 0. The van der Waals surface area contributed by atoms with Gasteiger partial charge in [-0.05, 0) is 0 Å². The number of sulfonamides is 1. The molecule has 0 aliphatic heterocycles. The fraction of sp³-hybridized carbons (Fsp3) is 1.00. The van der Waals surface area contributed by atoms with Gasteiger partial charge in [0.2, 0.25) is 0 Å². The molecule has 0 saturated heterocycles. The van der Waals surface area contributed by atoms with Gasteiger partial charge in [0.15, 0.2) is 0 Å². The fourth-order valence-electron chi connectivity index (χ4n) is 0.539. The van der Waals surface area contributed by atoms with Gasteiger partial charge in [0.05, 0.1) is 0 Å². The van der Waals surface area contributed by atoms with Crippen molar-refractivity contribution in [2.24, 2.45) is 5.14 Å². The average Bonchev–Trinajstić information content (AvgIpc) is 1.98. The molecule has 0 atom stereocenters. The van der Waals surface area contributed by atoms with Crippen LogP contribution in [0.1, 0.15) is 0 Å². The van der Waals surface area contributed by atoms with Crippen LogP contribution in [0.4, 0.5) is 39.5 Å². The maximum Gasteiger partial charge on any atom is 1.00 e. The Bertz CT molecular complexity index is 401. The van der Waals surface area contributed by atoms with Crippen LogP contribution in [-0.4, -0.2) is 31.7 Å². The van der Waals surface area contributed by atoms with E-state index in [0.717, 1.165) is 0 Å². The molecule has 0 saturated carbocycles. The van der Waals surface area contributed by atoms with E-state index in [1.54, 1.807) is 0 Å². The van der Waals surface area contributed by atoms with Crippen molar-refractivity contribution in [2.45, 2.75) is 23.3 Å². The standard InChI is InChI=1S/C4H2F9NO2S.K/c5-1(6,3(9,10)11)2(7,8)4(12,13)17(14,15)16;/h(H2,14,15,16);/q;+1. The minimum Gasteiger partial charge on any atom is -0.223 e. The third-order valence-electron chi connectivity index (χ3n) is 1.47. The van der Waals surface area contributed by atoms with E-state index in [4.69, 9.17) is 0 Å². The van der Waals surface area contributed by atoms with Crippen molar-refractivity contribution in [1.82, 2.24) is 0 Å². The normalized spacial score (nSPS) is 15.2. The molecule has 0 spiro atoms. The summed E-state index contributed by atoms with van der Waals surface area (Å²) in [6.45, 7) is 0. The van der Waals surface area contributed by atoms with Crippen LogP contribution in [0.5, 0.6) is 0 Å². The topological polar surface area (TPSA) is 60.2 Å². The Morgan fingerprint density at radius 1 is 0.722 bits per heavy atom. The Morgan fingerprint density at radius 3 is 1.17 bits per heavy atom. The molecule has 104 valence electrons.